The molecule has 3 aromatic carbocycles. The SMILES string of the molecule is CCCCCCCOc1ccc(-c2cnc(-c3ccc(C[C@H](CC(=O)c4ccc(C(C)(C)C)cc4)C(=O)N[C@@H](CCCN)C(=O)O)cc3)nc2)cc1. The average molecular weight is 707 g/mol. The first-order valence-corrected chi connectivity index (χ1v) is 18.5. The van der Waals surface area contributed by atoms with Gasteiger partial charge >= 0.3 is 5.97 Å². The van der Waals surface area contributed by atoms with Crippen molar-refractivity contribution in [1.29, 1.82) is 0 Å². The molecule has 4 N–H and O–H groups in total. The Kier molecular flexibility index (Phi) is 15.1. The summed E-state index contributed by atoms with van der Waals surface area (Å²) in [5.41, 5.74) is 10.7. The molecule has 1 heterocycles. The molecule has 2 atom stereocenters. The maximum atomic E-state index is 13.5. The number of carboxylic acids is 1. The van der Waals surface area contributed by atoms with Crippen LogP contribution >= 0.6 is 0 Å². The van der Waals surface area contributed by atoms with Crippen LogP contribution in [0.2, 0.25) is 0 Å². The molecular weight excluding hydrogens is 652 g/mol. The summed E-state index contributed by atoms with van der Waals surface area (Å²) in [6.07, 6.45) is 10.4. The number of nitrogens with one attached hydrogen (secondary N) is 1. The van der Waals surface area contributed by atoms with Crippen LogP contribution < -0.4 is 15.8 Å². The Hall–Kier alpha value is -4.89. The fourth-order valence-electron chi connectivity index (χ4n) is 5.96. The number of carbonyl (C=O) groups is 3. The first-order chi connectivity index (χ1) is 25.0. The molecule has 276 valence electrons. The van der Waals surface area contributed by atoms with Gasteiger partial charge in [-0.05, 0) is 66.5 Å². The maximum absolute atomic E-state index is 13.5. The molecule has 9 heteroatoms. The highest BCUT2D eigenvalue weighted by molar-refractivity contribution is 5.99. The topological polar surface area (TPSA) is 144 Å². The Balaban J connectivity index is 1.43. The van der Waals surface area contributed by atoms with Gasteiger partial charge in [0.2, 0.25) is 5.91 Å². The molecule has 0 aliphatic heterocycles. The summed E-state index contributed by atoms with van der Waals surface area (Å²) in [6.45, 7) is 9.56. The molecule has 0 spiro atoms. The lowest BCUT2D eigenvalue weighted by molar-refractivity contribution is -0.142. The van der Waals surface area contributed by atoms with Gasteiger partial charge in [0.1, 0.15) is 11.8 Å². The molecule has 4 aromatic rings. The van der Waals surface area contributed by atoms with Crippen LogP contribution in [0.1, 0.15) is 101 Å². The highest BCUT2D eigenvalue weighted by atomic mass is 16.5. The van der Waals surface area contributed by atoms with Gasteiger partial charge in [0.15, 0.2) is 11.6 Å². The Morgan fingerprint density at radius 1 is 0.808 bits per heavy atom. The summed E-state index contributed by atoms with van der Waals surface area (Å²) in [5.74, 6) is -1.16. The zero-order valence-electron chi connectivity index (χ0n) is 31.1. The minimum Gasteiger partial charge on any atom is -0.494 e. The summed E-state index contributed by atoms with van der Waals surface area (Å²) >= 11 is 0. The normalized spacial score (nSPS) is 12.6. The van der Waals surface area contributed by atoms with E-state index in [-0.39, 0.29) is 30.5 Å². The van der Waals surface area contributed by atoms with E-state index in [1.54, 1.807) is 24.5 Å². The Labute approximate surface area is 308 Å². The molecule has 1 amide bonds. The van der Waals surface area contributed by atoms with Gasteiger partial charge in [-0.2, -0.15) is 0 Å². The zero-order valence-corrected chi connectivity index (χ0v) is 31.1. The van der Waals surface area contributed by atoms with Crippen molar-refractivity contribution in [3.63, 3.8) is 0 Å². The van der Waals surface area contributed by atoms with Gasteiger partial charge in [-0.25, -0.2) is 14.8 Å². The van der Waals surface area contributed by atoms with Crippen molar-refractivity contribution < 1.29 is 24.2 Å². The van der Waals surface area contributed by atoms with E-state index in [1.165, 1.54) is 25.7 Å². The minimum atomic E-state index is -1.13. The third-order valence-electron chi connectivity index (χ3n) is 9.24. The number of ether oxygens (including phenoxy) is 1. The number of carbonyl (C=O) groups excluding carboxylic acids is 2. The third kappa shape index (κ3) is 12.1. The van der Waals surface area contributed by atoms with Gasteiger partial charge in [0.05, 0.1) is 6.61 Å². The third-order valence-corrected chi connectivity index (χ3v) is 9.24. The molecule has 4 rings (SSSR count). The van der Waals surface area contributed by atoms with Gasteiger partial charge in [-0.1, -0.05) is 114 Å². The standard InChI is InChI=1S/C43H54N4O5/c1-5-6-7-8-9-25-52-37-22-18-31(19-23-37)35-28-45-40(46-29-35)33-14-12-30(13-15-33)26-34(41(49)47-38(42(50)51)11-10-24-44)27-39(48)32-16-20-36(21-17-32)43(2,3)4/h12-23,28-29,34,38H,5-11,24-27,44H2,1-4H3,(H,47,49)(H,50,51)/t34-,38+/m1/s1. The van der Waals surface area contributed by atoms with E-state index in [9.17, 15) is 19.5 Å². The van der Waals surface area contributed by atoms with Crippen molar-refractivity contribution in [2.75, 3.05) is 13.2 Å². The van der Waals surface area contributed by atoms with Crippen LogP contribution in [0.15, 0.2) is 85.2 Å². The molecule has 0 fully saturated rings. The Morgan fingerprint density at radius 2 is 1.44 bits per heavy atom. The second-order valence-corrected chi connectivity index (χ2v) is 14.5. The van der Waals surface area contributed by atoms with Crippen LogP contribution in [0.4, 0.5) is 0 Å². The number of hydrogen-bond acceptors (Lipinski definition) is 7. The number of nitrogens with zero attached hydrogens (tertiary/aromatic N) is 2. The van der Waals surface area contributed by atoms with Gasteiger partial charge in [0, 0.05) is 41.4 Å². The number of carboxylic acid groups (broad SMARTS) is 1. The van der Waals surface area contributed by atoms with Crippen molar-refractivity contribution in [2.45, 2.75) is 96.9 Å². The number of Topliss-reactive ketones (excluding diaryl/α,β-unsaturated/α-hetero) is 1. The van der Waals surface area contributed by atoms with Crippen molar-refractivity contribution >= 4 is 17.7 Å². The second kappa shape index (κ2) is 19.6. The molecule has 0 radical (unpaired) electrons. The number of rotatable bonds is 20. The van der Waals surface area contributed by atoms with Crippen LogP contribution in [0.3, 0.4) is 0 Å². The Morgan fingerprint density at radius 3 is 2.04 bits per heavy atom. The summed E-state index contributed by atoms with van der Waals surface area (Å²) in [4.78, 5) is 48.1. The van der Waals surface area contributed by atoms with Crippen LogP contribution in [0, 0.1) is 5.92 Å². The van der Waals surface area contributed by atoms with Gasteiger partial charge in [-0.15, -0.1) is 0 Å². The zero-order chi connectivity index (χ0) is 37.5. The number of unbranched alkanes of at least 4 members (excludes halogenated alkanes) is 4. The highest BCUT2D eigenvalue weighted by Crippen LogP contribution is 2.26. The van der Waals surface area contributed by atoms with E-state index in [0.29, 0.717) is 24.4 Å². The van der Waals surface area contributed by atoms with Gasteiger partial charge in [-0.3, -0.25) is 9.59 Å². The van der Waals surface area contributed by atoms with E-state index in [2.05, 4.69) is 43.0 Å². The predicted octanol–water partition coefficient (Wildman–Crippen LogP) is 8.20. The molecule has 0 aliphatic carbocycles. The summed E-state index contributed by atoms with van der Waals surface area (Å²) in [7, 11) is 0. The predicted molar refractivity (Wildman–Crippen MR) is 206 cm³/mol. The summed E-state index contributed by atoms with van der Waals surface area (Å²) in [5, 5.41) is 12.4. The molecule has 0 bridgehead atoms. The molecule has 0 aliphatic rings. The minimum absolute atomic E-state index is 0.0622. The van der Waals surface area contributed by atoms with Crippen molar-refractivity contribution in [1.82, 2.24) is 15.3 Å². The first-order valence-electron chi connectivity index (χ1n) is 18.5. The second-order valence-electron chi connectivity index (χ2n) is 14.5. The molecule has 0 unspecified atom stereocenters. The van der Waals surface area contributed by atoms with E-state index in [4.69, 9.17) is 10.5 Å². The van der Waals surface area contributed by atoms with Crippen molar-refractivity contribution in [3.05, 3.63) is 102 Å². The lowest BCUT2D eigenvalue weighted by Crippen LogP contribution is -2.44. The van der Waals surface area contributed by atoms with Crippen LogP contribution in [0.25, 0.3) is 22.5 Å². The molecule has 0 saturated carbocycles. The molecule has 0 saturated heterocycles. The maximum Gasteiger partial charge on any atom is 0.326 e. The quantitative estimate of drug-likeness (QED) is 0.0616. The first kappa shape index (κ1) is 39.9. The fourth-order valence-corrected chi connectivity index (χ4v) is 5.96. The molecule has 9 nitrogen and oxygen atoms in total. The number of aliphatic carboxylic acids is 1. The van der Waals surface area contributed by atoms with Gasteiger partial charge in [0.25, 0.3) is 0 Å². The van der Waals surface area contributed by atoms with E-state index in [1.807, 2.05) is 60.7 Å². The van der Waals surface area contributed by atoms with Gasteiger partial charge < -0.3 is 20.9 Å². The number of hydrogen-bond donors (Lipinski definition) is 3. The van der Waals surface area contributed by atoms with Crippen LogP contribution in [-0.2, 0) is 21.4 Å². The fraction of sp³-hybridized carbons (Fsp3) is 0.419. The van der Waals surface area contributed by atoms with Crippen LogP contribution in [-0.4, -0.2) is 51.9 Å². The number of ketones is 1. The summed E-state index contributed by atoms with van der Waals surface area (Å²) in [6, 6.07) is 21.9. The van der Waals surface area contributed by atoms with Crippen molar-refractivity contribution in [2.24, 2.45) is 11.7 Å². The largest absolute Gasteiger partial charge is 0.494 e. The number of nitrogens with two attached hydrogens (primary N) is 1. The molecular formula is C43H54N4O5. The van der Waals surface area contributed by atoms with E-state index >= 15 is 0 Å². The average Bonchev–Trinajstić information content (AvgIpc) is 3.14. The Bertz CT molecular complexity index is 1710. The van der Waals surface area contributed by atoms with Crippen LogP contribution in [0.5, 0.6) is 5.75 Å². The smallest absolute Gasteiger partial charge is 0.326 e. The summed E-state index contributed by atoms with van der Waals surface area (Å²) < 4.78 is 5.90. The highest BCUT2D eigenvalue weighted by Gasteiger charge is 2.28. The number of amides is 1. The molecule has 1 aromatic heterocycles. The van der Waals surface area contributed by atoms with E-state index in [0.717, 1.165) is 46.6 Å². The lowest BCUT2D eigenvalue weighted by atomic mass is 9.85. The number of benzene rings is 3. The molecule has 52 heavy (non-hydrogen) atoms. The number of aromatic nitrogens is 2. The van der Waals surface area contributed by atoms with E-state index < -0.39 is 23.8 Å². The lowest BCUT2D eigenvalue weighted by Gasteiger charge is -2.21. The monoisotopic (exact) mass is 706 g/mol. The van der Waals surface area contributed by atoms with Crippen molar-refractivity contribution in [3.8, 4) is 28.3 Å².